The Bertz CT molecular complexity index is 323. The molecule has 1 aliphatic heterocycles. The molecule has 0 amide bonds. The summed E-state index contributed by atoms with van der Waals surface area (Å²) in [6.45, 7) is 5.64. The second kappa shape index (κ2) is 3.94. The molecule has 1 aromatic rings. The molecule has 1 aromatic heterocycles. The number of aromatic nitrogens is 2. The van der Waals surface area contributed by atoms with E-state index in [9.17, 15) is 0 Å². The summed E-state index contributed by atoms with van der Waals surface area (Å²) >= 11 is 0. The van der Waals surface area contributed by atoms with Gasteiger partial charge >= 0.3 is 0 Å². The van der Waals surface area contributed by atoms with E-state index in [1.807, 2.05) is 6.20 Å². The van der Waals surface area contributed by atoms with E-state index in [-0.39, 0.29) is 0 Å². The van der Waals surface area contributed by atoms with Crippen LogP contribution in [0.3, 0.4) is 0 Å². The van der Waals surface area contributed by atoms with E-state index < -0.39 is 0 Å². The van der Waals surface area contributed by atoms with Crippen molar-refractivity contribution in [2.75, 3.05) is 26.2 Å². The first-order valence-electron chi connectivity index (χ1n) is 5.88. The molecule has 2 heterocycles. The average Bonchev–Trinajstić information content (AvgIpc) is 3.02. The number of piperazine rings is 1. The van der Waals surface area contributed by atoms with Gasteiger partial charge in [0, 0.05) is 49.9 Å². The SMILES string of the molecule is c1n[nH]c(C2CC2)c1CN1CCNCC1. The van der Waals surface area contributed by atoms with Crippen LogP contribution in [-0.2, 0) is 6.54 Å². The smallest absolute Gasteiger partial charge is 0.0535 e. The van der Waals surface area contributed by atoms with Gasteiger partial charge in [-0.3, -0.25) is 10.00 Å². The highest BCUT2D eigenvalue weighted by Gasteiger charge is 2.28. The van der Waals surface area contributed by atoms with Crippen LogP contribution < -0.4 is 5.32 Å². The maximum Gasteiger partial charge on any atom is 0.0535 e. The minimum atomic E-state index is 0.783. The van der Waals surface area contributed by atoms with Gasteiger partial charge in [0.25, 0.3) is 0 Å². The molecule has 0 bridgehead atoms. The van der Waals surface area contributed by atoms with Crippen LogP contribution in [0.4, 0.5) is 0 Å². The van der Waals surface area contributed by atoms with Crippen molar-refractivity contribution in [3.63, 3.8) is 0 Å². The minimum absolute atomic E-state index is 0.783. The monoisotopic (exact) mass is 206 g/mol. The van der Waals surface area contributed by atoms with Crippen LogP contribution in [0, 0.1) is 0 Å². The fourth-order valence-electron chi connectivity index (χ4n) is 2.28. The van der Waals surface area contributed by atoms with Crippen molar-refractivity contribution in [2.45, 2.75) is 25.3 Å². The van der Waals surface area contributed by atoms with Crippen molar-refractivity contribution >= 4 is 0 Å². The molecular formula is C11H18N4. The Morgan fingerprint density at radius 1 is 1.33 bits per heavy atom. The molecule has 2 N–H and O–H groups in total. The Morgan fingerprint density at radius 3 is 2.87 bits per heavy atom. The highest BCUT2D eigenvalue weighted by atomic mass is 15.2. The summed E-state index contributed by atoms with van der Waals surface area (Å²) in [5.41, 5.74) is 2.81. The minimum Gasteiger partial charge on any atom is -0.314 e. The molecule has 82 valence electrons. The molecule has 0 spiro atoms. The van der Waals surface area contributed by atoms with Crippen LogP contribution in [0.15, 0.2) is 6.20 Å². The second-order valence-electron chi connectivity index (χ2n) is 4.61. The fourth-order valence-corrected chi connectivity index (χ4v) is 2.28. The first-order valence-corrected chi connectivity index (χ1v) is 5.88. The van der Waals surface area contributed by atoms with Crippen LogP contribution in [0.25, 0.3) is 0 Å². The number of nitrogens with one attached hydrogen (secondary N) is 2. The van der Waals surface area contributed by atoms with Crippen LogP contribution >= 0.6 is 0 Å². The van der Waals surface area contributed by atoms with Gasteiger partial charge in [-0.1, -0.05) is 0 Å². The first kappa shape index (κ1) is 9.36. The summed E-state index contributed by atoms with van der Waals surface area (Å²) in [7, 11) is 0. The van der Waals surface area contributed by atoms with Crippen LogP contribution in [0.1, 0.15) is 30.0 Å². The molecule has 15 heavy (non-hydrogen) atoms. The summed E-state index contributed by atoms with van der Waals surface area (Å²) in [5, 5.41) is 10.7. The zero-order valence-electron chi connectivity index (χ0n) is 9.00. The van der Waals surface area contributed by atoms with Crippen LogP contribution in [-0.4, -0.2) is 41.3 Å². The standard InChI is InChI=1S/C11H18N4/c1-2-9(1)11-10(7-13-14-11)8-15-5-3-12-4-6-15/h7,9,12H,1-6,8H2,(H,13,14). The lowest BCUT2D eigenvalue weighted by Gasteiger charge is -2.27. The number of nitrogens with zero attached hydrogens (tertiary/aromatic N) is 2. The number of hydrogen-bond donors (Lipinski definition) is 2. The summed E-state index contributed by atoms with van der Waals surface area (Å²) in [5.74, 6) is 0.783. The largest absolute Gasteiger partial charge is 0.314 e. The van der Waals surface area contributed by atoms with Gasteiger partial charge in [0.15, 0.2) is 0 Å². The number of aromatic amines is 1. The number of H-pyrrole nitrogens is 1. The lowest BCUT2D eigenvalue weighted by Crippen LogP contribution is -2.42. The molecule has 0 aromatic carbocycles. The Labute approximate surface area is 90.0 Å². The molecule has 4 heteroatoms. The van der Waals surface area contributed by atoms with E-state index in [1.54, 1.807) is 0 Å². The third-order valence-electron chi connectivity index (χ3n) is 3.34. The second-order valence-corrected chi connectivity index (χ2v) is 4.61. The molecule has 0 radical (unpaired) electrons. The average molecular weight is 206 g/mol. The molecule has 1 aliphatic carbocycles. The topological polar surface area (TPSA) is 44.0 Å². The first-order chi connectivity index (χ1) is 7.43. The Morgan fingerprint density at radius 2 is 2.13 bits per heavy atom. The Balaban J connectivity index is 1.67. The van der Waals surface area contributed by atoms with Crippen molar-refractivity contribution in [3.05, 3.63) is 17.5 Å². The highest BCUT2D eigenvalue weighted by molar-refractivity contribution is 5.24. The highest BCUT2D eigenvalue weighted by Crippen LogP contribution is 2.40. The molecule has 3 rings (SSSR count). The maximum atomic E-state index is 4.18. The molecule has 4 nitrogen and oxygen atoms in total. The predicted octanol–water partition coefficient (Wildman–Crippen LogP) is 0.692. The third kappa shape index (κ3) is 2.06. The van der Waals surface area contributed by atoms with Gasteiger partial charge in [-0.2, -0.15) is 5.10 Å². The quantitative estimate of drug-likeness (QED) is 0.765. The van der Waals surface area contributed by atoms with E-state index in [0.29, 0.717) is 0 Å². The molecule has 2 fully saturated rings. The van der Waals surface area contributed by atoms with E-state index in [4.69, 9.17) is 0 Å². The van der Waals surface area contributed by atoms with Gasteiger partial charge < -0.3 is 5.32 Å². The summed E-state index contributed by atoms with van der Waals surface area (Å²) < 4.78 is 0. The van der Waals surface area contributed by atoms with Gasteiger partial charge in [-0.15, -0.1) is 0 Å². The van der Waals surface area contributed by atoms with E-state index in [2.05, 4.69) is 20.4 Å². The van der Waals surface area contributed by atoms with Crippen LogP contribution in [0.2, 0.25) is 0 Å². The zero-order valence-corrected chi connectivity index (χ0v) is 9.00. The van der Waals surface area contributed by atoms with Gasteiger partial charge in [0.1, 0.15) is 0 Å². The number of hydrogen-bond acceptors (Lipinski definition) is 3. The van der Waals surface area contributed by atoms with Gasteiger partial charge in [0.2, 0.25) is 0 Å². The maximum absolute atomic E-state index is 4.18. The van der Waals surface area contributed by atoms with Gasteiger partial charge in [-0.25, -0.2) is 0 Å². The van der Waals surface area contributed by atoms with E-state index >= 15 is 0 Å². The summed E-state index contributed by atoms with van der Waals surface area (Å²) in [6, 6.07) is 0. The van der Waals surface area contributed by atoms with Crippen molar-refractivity contribution in [3.8, 4) is 0 Å². The van der Waals surface area contributed by atoms with Crippen molar-refractivity contribution in [2.24, 2.45) is 0 Å². The molecule has 2 aliphatic rings. The van der Waals surface area contributed by atoms with Crippen molar-refractivity contribution in [1.29, 1.82) is 0 Å². The summed E-state index contributed by atoms with van der Waals surface area (Å²) in [6.07, 6.45) is 4.70. The van der Waals surface area contributed by atoms with Crippen molar-refractivity contribution < 1.29 is 0 Å². The zero-order chi connectivity index (χ0) is 10.1. The Kier molecular flexibility index (Phi) is 2.46. The third-order valence-corrected chi connectivity index (χ3v) is 3.34. The molecule has 0 unspecified atom stereocenters. The fraction of sp³-hybridized carbons (Fsp3) is 0.727. The normalized spacial score (nSPS) is 23.2. The van der Waals surface area contributed by atoms with Gasteiger partial charge in [-0.05, 0) is 12.8 Å². The lowest BCUT2D eigenvalue weighted by molar-refractivity contribution is 0.232. The molecule has 0 atom stereocenters. The van der Waals surface area contributed by atoms with E-state index in [1.165, 1.54) is 24.1 Å². The van der Waals surface area contributed by atoms with E-state index in [0.717, 1.165) is 38.6 Å². The van der Waals surface area contributed by atoms with Gasteiger partial charge in [0.05, 0.1) is 6.20 Å². The summed E-state index contributed by atoms with van der Waals surface area (Å²) in [4.78, 5) is 2.51. The number of rotatable bonds is 3. The molecule has 1 saturated heterocycles. The molecule has 1 saturated carbocycles. The predicted molar refractivity (Wildman–Crippen MR) is 58.7 cm³/mol. The van der Waals surface area contributed by atoms with Crippen LogP contribution in [0.5, 0.6) is 0 Å². The van der Waals surface area contributed by atoms with Crippen molar-refractivity contribution in [1.82, 2.24) is 20.4 Å². The Hall–Kier alpha value is -0.870. The molecular weight excluding hydrogens is 188 g/mol. The lowest BCUT2D eigenvalue weighted by atomic mass is 10.1.